The van der Waals surface area contributed by atoms with Crippen molar-refractivity contribution >= 4 is 5.82 Å². The quantitative estimate of drug-likeness (QED) is 0.470. The summed E-state index contributed by atoms with van der Waals surface area (Å²) >= 11 is 0. The highest BCUT2D eigenvalue weighted by Gasteiger charge is 2.12. The molecule has 2 heterocycles. The molecule has 0 aliphatic carbocycles. The van der Waals surface area contributed by atoms with E-state index < -0.39 is 0 Å². The van der Waals surface area contributed by atoms with Crippen LogP contribution in [-0.4, -0.2) is 24.7 Å². The van der Waals surface area contributed by atoms with Crippen LogP contribution in [0.25, 0.3) is 0 Å². The number of hydrogen-bond donors (Lipinski definition) is 1. The fourth-order valence-electron chi connectivity index (χ4n) is 3.97. The second kappa shape index (κ2) is 11.5. The van der Waals surface area contributed by atoms with Crippen LogP contribution in [-0.2, 0) is 19.7 Å². The standard InChI is InChI=1S/C27H33N3O2/c1-2-31-26-17-23(11-13-25(26)32-21-22-9-5-3-6-10-22)18-28-19-24-12-14-27(29-20-24)30-15-7-4-8-16-30/h3,5-6,9-14,17,20,28H,2,4,7-8,15-16,18-19,21H2,1H3. The van der Waals surface area contributed by atoms with Crippen LogP contribution in [0.15, 0.2) is 66.9 Å². The second-order valence-corrected chi connectivity index (χ2v) is 8.16. The summed E-state index contributed by atoms with van der Waals surface area (Å²) in [5.41, 5.74) is 3.50. The smallest absolute Gasteiger partial charge is 0.161 e. The van der Waals surface area contributed by atoms with Gasteiger partial charge in [-0.15, -0.1) is 0 Å². The first-order valence-electron chi connectivity index (χ1n) is 11.6. The number of benzene rings is 2. The van der Waals surface area contributed by atoms with E-state index in [0.717, 1.165) is 49.1 Å². The van der Waals surface area contributed by atoms with Crippen molar-refractivity contribution in [2.45, 2.75) is 45.9 Å². The normalized spacial score (nSPS) is 13.7. The van der Waals surface area contributed by atoms with Gasteiger partial charge in [-0.2, -0.15) is 0 Å². The first-order chi connectivity index (χ1) is 15.8. The summed E-state index contributed by atoms with van der Waals surface area (Å²) in [5, 5.41) is 3.51. The van der Waals surface area contributed by atoms with Crippen LogP contribution < -0.4 is 19.7 Å². The molecule has 0 saturated carbocycles. The Balaban J connectivity index is 1.30. The van der Waals surface area contributed by atoms with Crippen molar-refractivity contribution in [1.29, 1.82) is 0 Å². The van der Waals surface area contributed by atoms with Gasteiger partial charge in [-0.3, -0.25) is 0 Å². The van der Waals surface area contributed by atoms with Crippen molar-refractivity contribution < 1.29 is 9.47 Å². The number of nitrogens with one attached hydrogen (secondary N) is 1. The third kappa shape index (κ3) is 6.24. The van der Waals surface area contributed by atoms with Crippen LogP contribution in [0.5, 0.6) is 11.5 Å². The van der Waals surface area contributed by atoms with E-state index in [4.69, 9.17) is 9.47 Å². The molecule has 3 aromatic rings. The predicted molar refractivity (Wildman–Crippen MR) is 129 cm³/mol. The van der Waals surface area contributed by atoms with Crippen LogP contribution in [0.4, 0.5) is 5.82 Å². The predicted octanol–water partition coefficient (Wildman–Crippen LogP) is 5.34. The molecule has 1 aliphatic heterocycles. The minimum Gasteiger partial charge on any atom is -0.490 e. The van der Waals surface area contributed by atoms with E-state index in [2.05, 4.69) is 51.6 Å². The Hall–Kier alpha value is -3.05. The zero-order chi connectivity index (χ0) is 22.0. The average molecular weight is 432 g/mol. The van der Waals surface area contributed by atoms with Gasteiger partial charge in [0, 0.05) is 32.4 Å². The number of aromatic nitrogens is 1. The minimum atomic E-state index is 0.527. The molecule has 5 nitrogen and oxygen atoms in total. The van der Waals surface area contributed by atoms with Crippen molar-refractivity contribution in [1.82, 2.24) is 10.3 Å². The van der Waals surface area contributed by atoms with Crippen molar-refractivity contribution in [3.8, 4) is 11.5 Å². The van der Waals surface area contributed by atoms with Crippen molar-refractivity contribution in [3.63, 3.8) is 0 Å². The molecule has 4 rings (SSSR count). The van der Waals surface area contributed by atoms with Crippen LogP contribution in [0.1, 0.15) is 42.9 Å². The molecule has 1 saturated heterocycles. The number of hydrogen-bond acceptors (Lipinski definition) is 5. The minimum absolute atomic E-state index is 0.527. The monoisotopic (exact) mass is 431 g/mol. The Bertz CT molecular complexity index is 954. The lowest BCUT2D eigenvalue weighted by Crippen LogP contribution is -2.30. The van der Waals surface area contributed by atoms with Gasteiger partial charge in [0.05, 0.1) is 6.61 Å². The van der Waals surface area contributed by atoms with E-state index in [1.165, 1.54) is 30.4 Å². The molecular weight excluding hydrogens is 398 g/mol. The van der Waals surface area contributed by atoms with Gasteiger partial charge < -0.3 is 19.7 Å². The lowest BCUT2D eigenvalue weighted by Gasteiger charge is -2.27. The number of pyridine rings is 1. The van der Waals surface area contributed by atoms with Crippen molar-refractivity contribution in [2.75, 3.05) is 24.6 Å². The Morgan fingerprint density at radius 3 is 2.34 bits per heavy atom. The van der Waals surface area contributed by atoms with Crippen LogP contribution in [0.2, 0.25) is 0 Å². The summed E-state index contributed by atoms with van der Waals surface area (Å²) in [6, 6.07) is 20.7. The summed E-state index contributed by atoms with van der Waals surface area (Å²) in [6.45, 7) is 6.91. The lowest BCUT2D eigenvalue weighted by atomic mass is 10.1. The molecule has 0 amide bonds. The summed E-state index contributed by atoms with van der Waals surface area (Å²) in [7, 11) is 0. The molecule has 2 aromatic carbocycles. The molecule has 1 aliphatic rings. The van der Waals surface area contributed by atoms with Crippen molar-refractivity contribution in [2.24, 2.45) is 0 Å². The molecule has 168 valence electrons. The number of rotatable bonds is 10. The molecule has 0 bridgehead atoms. The summed E-state index contributed by atoms with van der Waals surface area (Å²) in [4.78, 5) is 7.06. The zero-order valence-electron chi connectivity index (χ0n) is 18.9. The van der Waals surface area contributed by atoms with E-state index in [0.29, 0.717) is 13.2 Å². The topological polar surface area (TPSA) is 46.6 Å². The molecule has 0 unspecified atom stereocenters. The average Bonchev–Trinajstić information content (AvgIpc) is 2.85. The molecule has 0 atom stereocenters. The number of ether oxygens (including phenoxy) is 2. The van der Waals surface area contributed by atoms with Crippen LogP contribution in [0, 0.1) is 0 Å². The van der Waals surface area contributed by atoms with Gasteiger partial charge in [-0.1, -0.05) is 42.5 Å². The highest BCUT2D eigenvalue weighted by Crippen LogP contribution is 2.29. The Labute approximate surface area is 191 Å². The molecule has 0 radical (unpaired) electrons. The first kappa shape index (κ1) is 22.2. The van der Waals surface area contributed by atoms with Gasteiger partial charge in [0.1, 0.15) is 12.4 Å². The van der Waals surface area contributed by atoms with E-state index in [1.807, 2.05) is 37.4 Å². The van der Waals surface area contributed by atoms with Gasteiger partial charge in [0.2, 0.25) is 0 Å². The highest BCUT2D eigenvalue weighted by molar-refractivity contribution is 5.43. The van der Waals surface area contributed by atoms with Crippen LogP contribution in [0.3, 0.4) is 0 Å². The van der Waals surface area contributed by atoms with Gasteiger partial charge in [-0.25, -0.2) is 4.98 Å². The van der Waals surface area contributed by atoms with Gasteiger partial charge in [-0.05, 0) is 61.1 Å². The summed E-state index contributed by atoms with van der Waals surface area (Å²) < 4.78 is 11.8. The first-order valence-corrected chi connectivity index (χ1v) is 11.6. The maximum absolute atomic E-state index is 6.01. The molecule has 5 heteroatoms. The SMILES string of the molecule is CCOc1cc(CNCc2ccc(N3CCCCC3)nc2)ccc1OCc1ccccc1. The van der Waals surface area contributed by atoms with E-state index in [9.17, 15) is 0 Å². The van der Waals surface area contributed by atoms with Crippen LogP contribution >= 0.6 is 0 Å². The molecular formula is C27H33N3O2. The number of anilines is 1. The highest BCUT2D eigenvalue weighted by atomic mass is 16.5. The second-order valence-electron chi connectivity index (χ2n) is 8.16. The number of nitrogens with zero attached hydrogens (tertiary/aromatic N) is 2. The Kier molecular flexibility index (Phi) is 7.99. The molecule has 0 spiro atoms. The largest absolute Gasteiger partial charge is 0.490 e. The van der Waals surface area contributed by atoms with E-state index in [1.54, 1.807) is 0 Å². The number of piperidine rings is 1. The molecule has 1 fully saturated rings. The summed E-state index contributed by atoms with van der Waals surface area (Å²) in [6.07, 6.45) is 5.86. The Morgan fingerprint density at radius 2 is 1.59 bits per heavy atom. The fraction of sp³-hybridized carbons (Fsp3) is 0.370. The van der Waals surface area contributed by atoms with Gasteiger partial charge in [0.15, 0.2) is 11.5 Å². The Morgan fingerprint density at radius 1 is 0.812 bits per heavy atom. The van der Waals surface area contributed by atoms with Gasteiger partial charge >= 0.3 is 0 Å². The molecule has 1 aromatic heterocycles. The fourth-order valence-corrected chi connectivity index (χ4v) is 3.97. The molecule has 1 N–H and O–H groups in total. The third-order valence-electron chi connectivity index (χ3n) is 5.69. The van der Waals surface area contributed by atoms with E-state index in [-0.39, 0.29) is 0 Å². The maximum atomic E-state index is 6.01. The third-order valence-corrected chi connectivity index (χ3v) is 5.69. The lowest BCUT2D eigenvalue weighted by molar-refractivity contribution is 0.269. The zero-order valence-corrected chi connectivity index (χ0v) is 18.9. The summed E-state index contributed by atoms with van der Waals surface area (Å²) in [5.74, 6) is 2.66. The molecule has 32 heavy (non-hydrogen) atoms. The van der Waals surface area contributed by atoms with Crippen molar-refractivity contribution in [3.05, 3.63) is 83.6 Å². The van der Waals surface area contributed by atoms with E-state index >= 15 is 0 Å². The van der Waals surface area contributed by atoms with Gasteiger partial charge in [0.25, 0.3) is 0 Å². The maximum Gasteiger partial charge on any atom is 0.161 e.